The summed E-state index contributed by atoms with van der Waals surface area (Å²) in [6, 6.07) is 11.9. The summed E-state index contributed by atoms with van der Waals surface area (Å²) in [5, 5.41) is 5.64. The number of fused-ring (bicyclic) bond motifs is 1. The normalized spacial score (nSPS) is 11.8. The van der Waals surface area contributed by atoms with Gasteiger partial charge >= 0.3 is 0 Å². The molecule has 1 aromatic heterocycles. The van der Waals surface area contributed by atoms with E-state index in [-0.39, 0.29) is 11.5 Å². The Morgan fingerprint density at radius 1 is 1.21 bits per heavy atom. The van der Waals surface area contributed by atoms with Crippen LogP contribution in [0.3, 0.4) is 0 Å². The molecule has 156 valence electrons. The van der Waals surface area contributed by atoms with Crippen LogP contribution in [0.4, 0.5) is 5.69 Å². The fourth-order valence-corrected chi connectivity index (χ4v) is 4.42. The van der Waals surface area contributed by atoms with Gasteiger partial charge in [0.25, 0.3) is 0 Å². The molecule has 0 bridgehead atoms. The highest BCUT2D eigenvalue weighted by molar-refractivity contribution is 7.99. The van der Waals surface area contributed by atoms with E-state index in [2.05, 4.69) is 23.3 Å². The summed E-state index contributed by atoms with van der Waals surface area (Å²) >= 11 is 13.8. The molecule has 0 fully saturated rings. The summed E-state index contributed by atoms with van der Waals surface area (Å²) in [6.45, 7) is 2.84. The molecule has 0 radical (unpaired) electrons. The predicted octanol–water partition coefficient (Wildman–Crippen LogP) is 5.42. The molecule has 0 aliphatic heterocycles. The quantitative estimate of drug-likeness (QED) is 0.475. The van der Waals surface area contributed by atoms with E-state index in [0.29, 0.717) is 16.6 Å². The highest BCUT2D eigenvalue weighted by Gasteiger charge is 2.16. The number of anilines is 1. The van der Waals surface area contributed by atoms with Gasteiger partial charge in [0.15, 0.2) is 0 Å². The summed E-state index contributed by atoms with van der Waals surface area (Å²) < 4.78 is 5.72. The summed E-state index contributed by atoms with van der Waals surface area (Å²) in [5.41, 5.74) is 7.50. The monoisotopic (exact) mass is 453 g/mol. The molecule has 0 saturated carbocycles. The number of nitrogens with two attached hydrogens (primary N) is 1. The maximum Gasteiger partial charge on any atom is 0.135 e. The lowest BCUT2D eigenvalue weighted by Gasteiger charge is -2.19. The minimum absolute atomic E-state index is 0. The molecule has 0 spiro atoms. The van der Waals surface area contributed by atoms with Crippen LogP contribution < -0.4 is 15.8 Å². The number of halogens is 2. The lowest BCUT2D eigenvalue weighted by atomic mass is 10.1. The van der Waals surface area contributed by atoms with E-state index in [0.717, 1.165) is 45.0 Å². The highest BCUT2D eigenvalue weighted by atomic mass is 35.5. The Balaban J connectivity index is 0.00000300. The highest BCUT2D eigenvalue weighted by Crippen LogP contribution is 2.44. The molecule has 3 rings (SSSR count). The second-order valence-electron chi connectivity index (χ2n) is 6.51. The van der Waals surface area contributed by atoms with Gasteiger partial charge in [-0.2, -0.15) is 0 Å². The predicted molar refractivity (Wildman–Crippen MR) is 124 cm³/mol. The van der Waals surface area contributed by atoms with Crippen LogP contribution in [0, 0.1) is 0 Å². The van der Waals surface area contributed by atoms with Gasteiger partial charge in [-0.05, 0) is 56.6 Å². The van der Waals surface area contributed by atoms with Gasteiger partial charge in [0.2, 0.25) is 0 Å². The largest absolute Gasteiger partial charge is 0.495 e. The second kappa shape index (κ2) is 10.9. The van der Waals surface area contributed by atoms with Crippen LogP contribution in [-0.2, 0) is 0 Å². The Kier molecular flexibility index (Phi) is 8.86. The number of benzene rings is 2. The maximum absolute atomic E-state index is 6.19. The lowest BCUT2D eigenvalue weighted by Crippen LogP contribution is -2.17. The van der Waals surface area contributed by atoms with Crippen LogP contribution in [0.5, 0.6) is 5.75 Å². The van der Waals surface area contributed by atoms with Gasteiger partial charge < -0.3 is 21.3 Å². The molecule has 3 aromatic rings. The Bertz CT molecular complexity index is 972. The molecular formula is C21H25Cl2N3O2S. The first-order valence-electron chi connectivity index (χ1n) is 9.08. The molecule has 8 heteroatoms. The number of ether oxygens (including phenoxy) is 1. The van der Waals surface area contributed by atoms with Crippen LogP contribution in [0.2, 0.25) is 10.0 Å². The van der Waals surface area contributed by atoms with Crippen molar-refractivity contribution in [3.05, 3.63) is 52.6 Å². The molecule has 5 N–H and O–H groups in total. The van der Waals surface area contributed by atoms with Crippen molar-refractivity contribution >= 4 is 51.6 Å². The lowest BCUT2D eigenvalue weighted by molar-refractivity contribution is 0.406. The Morgan fingerprint density at radius 3 is 2.69 bits per heavy atom. The summed E-state index contributed by atoms with van der Waals surface area (Å²) in [5.74, 6) is 0.782. The van der Waals surface area contributed by atoms with E-state index >= 15 is 0 Å². The van der Waals surface area contributed by atoms with E-state index < -0.39 is 0 Å². The molecule has 2 aromatic carbocycles. The number of nitrogens with zero attached hydrogens (tertiary/aromatic N) is 1. The van der Waals surface area contributed by atoms with Crippen LogP contribution in [-0.4, -0.2) is 30.2 Å². The first kappa shape index (κ1) is 23.6. The zero-order chi connectivity index (χ0) is 20.1. The number of hydrogen-bond donors (Lipinski definition) is 2. The maximum atomic E-state index is 6.19. The van der Waals surface area contributed by atoms with Crippen LogP contribution in [0.1, 0.15) is 19.8 Å². The van der Waals surface area contributed by atoms with Crippen molar-refractivity contribution < 1.29 is 10.2 Å². The smallest absolute Gasteiger partial charge is 0.135 e. The number of nitrogens with one attached hydrogen (secondary N) is 1. The minimum Gasteiger partial charge on any atom is -0.495 e. The summed E-state index contributed by atoms with van der Waals surface area (Å²) in [4.78, 5) is 6.59. The summed E-state index contributed by atoms with van der Waals surface area (Å²) in [7, 11) is 1.68. The van der Waals surface area contributed by atoms with Gasteiger partial charge in [-0.25, -0.2) is 0 Å². The van der Waals surface area contributed by atoms with E-state index in [9.17, 15) is 0 Å². The summed E-state index contributed by atoms with van der Waals surface area (Å²) in [6.07, 6.45) is 3.77. The molecule has 1 unspecified atom stereocenters. The topological polar surface area (TPSA) is 91.7 Å². The molecule has 0 amide bonds. The van der Waals surface area contributed by atoms with Crippen LogP contribution in [0.25, 0.3) is 10.9 Å². The Hall–Kier alpha value is -1.70. The third kappa shape index (κ3) is 5.68. The van der Waals surface area contributed by atoms with Gasteiger partial charge in [0.05, 0.1) is 33.3 Å². The SMILES string of the molecule is COc1cc(NC(C)CCCN)c2ncccc2c1Sc1ccc(Cl)c(Cl)c1.O. The van der Waals surface area contributed by atoms with Crippen LogP contribution in [0.15, 0.2) is 52.4 Å². The van der Waals surface area contributed by atoms with Crippen molar-refractivity contribution in [1.82, 2.24) is 4.98 Å². The molecule has 1 atom stereocenters. The number of pyridine rings is 1. The molecule has 29 heavy (non-hydrogen) atoms. The zero-order valence-corrected chi connectivity index (χ0v) is 18.7. The number of aromatic nitrogens is 1. The average Bonchev–Trinajstić information content (AvgIpc) is 2.70. The fourth-order valence-electron chi connectivity index (χ4n) is 2.99. The third-order valence-corrected chi connectivity index (χ3v) is 6.23. The van der Waals surface area contributed by atoms with E-state index in [1.54, 1.807) is 31.1 Å². The molecule has 5 nitrogen and oxygen atoms in total. The first-order chi connectivity index (χ1) is 13.5. The van der Waals surface area contributed by atoms with Gasteiger partial charge in [0.1, 0.15) is 5.75 Å². The Labute approximate surface area is 185 Å². The van der Waals surface area contributed by atoms with Crippen molar-refractivity contribution in [2.45, 2.75) is 35.6 Å². The molecule has 0 saturated heterocycles. The third-order valence-electron chi connectivity index (χ3n) is 4.38. The molecule has 0 aliphatic carbocycles. The van der Waals surface area contributed by atoms with Crippen molar-refractivity contribution in [2.24, 2.45) is 5.73 Å². The molecule has 1 heterocycles. The van der Waals surface area contributed by atoms with Crippen molar-refractivity contribution in [3.8, 4) is 5.75 Å². The number of methoxy groups -OCH3 is 1. The van der Waals surface area contributed by atoms with Gasteiger partial charge in [-0.1, -0.05) is 35.0 Å². The van der Waals surface area contributed by atoms with Gasteiger partial charge in [0, 0.05) is 28.6 Å². The second-order valence-corrected chi connectivity index (χ2v) is 8.41. The standard InChI is InChI=1S/C21H23Cl2N3OS.H2O/c1-13(5-3-9-24)26-18-12-19(27-2)21(15-6-4-10-25-20(15)18)28-14-7-8-16(22)17(23)11-14;/h4,6-8,10-13,26H,3,5,9,24H2,1-2H3;1H2. The average molecular weight is 454 g/mol. The van der Waals surface area contributed by atoms with Crippen molar-refractivity contribution in [1.29, 1.82) is 0 Å². The fraction of sp³-hybridized carbons (Fsp3) is 0.286. The van der Waals surface area contributed by atoms with Gasteiger partial charge in [-0.3, -0.25) is 4.98 Å². The number of hydrogen-bond acceptors (Lipinski definition) is 5. The zero-order valence-electron chi connectivity index (χ0n) is 16.3. The van der Waals surface area contributed by atoms with Gasteiger partial charge in [-0.15, -0.1) is 0 Å². The molecular weight excluding hydrogens is 429 g/mol. The van der Waals surface area contributed by atoms with E-state index in [4.69, 9.17) is 33.7 Å². The van der Waals surface area contributed by atoms with Crippen molar-refractivity contribution in [2.75, 3.05) is 19.0 Å². The molecule has 0 aliphatic rings. The first-order valence-corrected chi connectivity index (χ1v) is 10.7. The van der Waals surface area contributed by atoms with E-state index in [1.165, 1.54) is 0 Å². The Morgan fingerprint density at radius 2 is 2.00 bits per heavy atom. The van der Waals surface area contributed by atoms with E-state index in [1.807, 2.05) is 24.3 Å². The van der Waals surface area contributed by atoms with Crippen molar-refractivity contribution in [3.63, 3.8) is 0 Å². The minimum atomic E-state index is 0. The number of rotatable bonds is 8. The van der Waals surface area contributed by atoms with Crippen LogP contribution >= 0.6 is 35.0 Å².